The Balaban J connectivity index is 3.61. The molecular weight excluding hydrogens is 204 g/mol. The summed E-state index contributed by atoms with van der Waals surface area (Å²) in [6.45, 7) is 1.21. The molecule has 1 aromatic carbocycles. The third-order valence-corrected chi connectivity index (χ3v) is 2.89. The largest absolute Gasteiger partial charge is 0.507 e. The summed E-state index contributed by atoms with van der Waals surface area (Å²) in [4.78, 5) is 11.0. The number of ketones is 1. The summed E-state index contributed by atoms with van der Waals surface area (Å²) < 4.78 is 22.5. The van der Waals surface area contributed by atoms with Gasteiger partial charge < -0.3 is 5.11 Å². The average molecular weight is 214 g/mol. The summed E-state index contributed by atoms with van der Waals surface area (Å²) in [5.74, 6) is -0.774. The molecule has 0 aromatic heterocycles. The van der Waals surface area contributed by atoms with Crippen LogP contribution < -0.4 is 0 Å². The fraction of sp³-hybridized carbons (Fsp3) is 0.222. The molecule has 0 radical (unpaired) electrons. The van der Waals surface area contributed by atoms with Crippen molar-refractivity contribution in [3.63, 3.8) is 0 Å². The molecule has 0 heterocycles. The lowest BCUT2D eigenvalue weighted by Gasteiger charge is -2.06. The van der Waals surface area contributed by atoms with E-state index in [2.05, 4.69) is 0 Å². The van der Waals surface area contributed by atoms with Crippen LogP contribution in [0.4, 0.5) is 0 Å². The summed E-state index contributed by atoms with van der Waals surface area (Å²) in [6.07, 6.45) is 0.994. The van der Waals surface area contributed by atoms with Crippen LogP contribution in [0, 0.1) is 0 Å². The predicted octanol–water partition coefficient (Wildman–Crippen LogP) is 0.998. The van der Waals surface area contributed by atoms with Crippen molar-refractivity contribution in [2.75, 3.05) is 6.26 Å². The molecular formula is C9H10O4S. The quantitative estimate of drug-likeness (QED) is 0.745. The van der Waals surface area contributed by atoms with Gasteiger partial charge in [0.2, 0.25) is 0 Å². The second-order valence-corrected chi connectivity index (χ2v) is 4.96. The van der Waals surface area contributed by atoms with Gasteiger partial charge in [-0.2, -0.15) is 0 Å². The van der Waals surface area contributed by atoms with Gasteiger partial charge in [-0.05, 0) is 19.1 Å². The molecule has 0 bridgehead atoms. The molecule has 0 saturated heterocycles. The standard InChI is InChI=1S/C9H10O4S/c1-6(10)9-7(11)4-3-5-8(9)14(2,12)13/h3-5,11H,1-2H3. The van der Waals surface area contributed by atoms with Gasteiger partial charge in [0.15, 0.2) is 15.6 Å². The molecule has 0 amide bonds. The first kappa shape index (κ1) is 10.7. The number of Topliss-reactive ketones (excluding diaryl/α,β-unsaturated/α-hetero) is 1. The maximum absolute atomic E-state index is 11.2. The van der Waals surface area contributed by atoms with E-state index < -0.39 is 15.6 Å². The number of carbonyl (C=O) groups excluding carboxylic acids is 1. The van der Waals surface area contributed by atoms with Crippen LogP contribution in [-0.2, 0) is 9.84 Å². The molecule has 0 aliphatic carbocycles. The molecule has 0 fully saturated rings. The highest BCUT2D eigenvalue weighted by Crippen LogP contribution is 2.24. The van der Waals surface area contributed by atoms with Crippen LogP contribution in [0.25, 0.3) is 0 Å². The van der Waals surface area contributed by atoms with Crippen molar-refractivity contribution < 1.29 is 18.3 Å². The number of sulfone groups is 1. The van der Waals surface area contributed by atoms with E-state index in [9.17, 15) is 18.3 Å². The van der Waals surface area contributed by atoms with Crippen molar-refractivity contribution in [2.45, 2.75) is 11.8 Å². The van der Waals surface area contributed by atoms with Crippen molar-refractivity contribution in [1.82, 2.24) is 0 Å². The third-order valence-electron chi connectivity index (χ3n) is 1.76. The number of aromatic hydroxyl groups is 1. The highest BCUT2D eigenvalue weighted by molar-refractivity contribution is 7.90. The van der Waals surface area contributed by atoms with Gasteiger partial charge in [-0.3, -0.25) is 4.79 Å². The lowest BCUT2D eigenvalue weighted by Crippen LogP contribution is -2.05. The molecule has 0 aliphatic heterocycles. The van der Waals surface area contributed by atoms with Gasteiger partial charge in [-0.15, -0.1) is 0 Å². The molecule has 0 atom stereocenters. The Morgan fingerprint density at radius 3 is 2.29 bits per heavy atom. The number of phenols is 1. The number of rotatable bonds is 2. The van der Waals surface area contributed by atoms with Crippen molar-refractivity contribution in [1.29, 1.82) is 0 Å². The topological polar surface area (TPSA) is 71.4 Å². The van der Waals surface area contributed by atoms with E-state index in [1.165, 1.54) is 25.1 Å². The Hall–Kier alpha value is -1.36. The number of carbonyl (C=O) groups is 1. The van der Waals surface area contributed by atoms with Crippen LogP contribution in [-0.4, -0.2) is 25.6 Å². The van der Waals surface area contributed by atoms with E-state index in [0.29, 0.717) is 0 Å². The van der Waals surface area contributed by atoms with E-state index in [-0.39, 0.29) is 16.2 Å². The van der Waals surface area contributed by atoms with Gasteiger partial charge in [-0.25, -0.2) is 8.42 Å². The number of hydrogen-bond donors (Lipinski definition) is 1. The van der Waals surface area contributed by atoms with E-state index in [1.807, 2.05) is 0 Å². The number of benzene rings is 1. The maximum atomic E-state index is 11.2. The predicted molar refractivity (Wildman–Crippen MR) is 51.2 cm³/mol. The molecule has 5 heteroatoms. The molecule has 14 heavy (non-hydrogen) atoms. The van der Waals surface area contributed by atoms with Crippen LogP contribution in [0.2, 0.25) is 0 Å². The normalized spacial score (nSPS) is 11.3. The minimum absolute atomic E-state index is 0.134. The molecule has 0 spiro atoms. The zero-order valence-electron chi connectivity index (χ0n) is 7.81. The molecule has 1 N–H and O–H groups in total. The average Bonchev–Trinajstić information content (AvgIpc) is 2.01. The van der Waals surface area contributed by atoms with Crippen LogP contribution in [0.5, 0.6) is 5.75 Å². The first-order valence-electron chi connectivity index (χ1n) is 3.87. The first-order valence-corrected chi connectivity index (χ1v) is 5.76. The number of hydrogen-bond acceptors (Lipinski definition) is 4. The molecule has 1 rings (SSSR count). The lowest BCUT2D eigenvalue weighted by molar-refractivity contribution is 0.101. The van der Waals surface area contributed by atoms with Gasteiger partial charge in [-0.1, -0.05) is 6.07 Å². The minimum atomic E-state index is -3.48. The second kappa shape index (κ2) is 3.42. The van der Waals surface area contributed by atoms with Gasteiger partial charge in [0, 0.05) is 6.26 Å². The Bertz CT molecular complexity index is 474. The monoisotopic (exact) mass is 214 g/mol. The minimum Gasteiger partial charge on any atom is -0.507 e. The SMILES string of the molecule is CC(=O)c1c(O)cccc1S(C)(=O)=O. The van der Waals surface area contributed by atoms with E-state index in [1.54, 1.807) is 0 Å². The van der Waals surface area contributed by atoms with Crippen molar-refractivity contribution in [3.05, 3.63) is 23.8 Å². The first-order chi connectivity index (χ1) is 6.34. The van der Waals surface area contributed by atoms with Gasteiger partial charge in [0.05, 0.1) is 10.5 Å². The summed E-state index contributed by atoms with van der Waals surface area (Å²) in [5, 5.41) is 9.34. The highest BCUT2D eigenvalue weighted by Gasteiger charge is 2.19. The molecule has 1 aromatic rings. The summed E-state index contributed by atoms with van der Waals surface area (Å²) in [5.41, 5.74) is -0.144. The van der Waals surface area contributed by atoms with Crippen LogP contribution in [0.15, 0.2) is 23.1 Å². The smallest absolute Gasteiger partial charge is 0.176 e. The van der Waals surface area contributed by atoms with E-state index >= 15 is 0 Å². The third kappa shape index (κ3) is 1.93. The van der Waals surface area contributed by atoms with Crippen molar-refractivity contribution >= 4 is 15.6 Å². The Morgan fingerprint density at radius 2 is 1.93 bits per heavy atom. The highest BCUT2D eigenvalue weighted by atomic mass is 32.2. The lowest BCUT2D eigenvalue weighted by atomic mass is 10.1. The summed E-state index contributed by atoms with van der Waals surface area (Å²) in [7, 11) is -3.48. The van der Waals surface area contributed by atoms with Crippen LogP contribution >= 0.6 is 0 Å². The van der Waals surface area contributed by atoms with E-state index in [4.69, 9.17) is 0 Å². The van der Waals surface area contributed by atoms with Crippen molar-refractivity contribution in [3.8, 4) is 5.75 Å². The Labute approximate surface area is 82.1 Å². The van der Waals surface area contributed by atoms with Crippen LogP contribution in [0.1, 0.15) is 17.3 Å². The number of phenolic OH excluding ortho intramolecular Hbond substituents is 1. The maximum Gasteiger partial charge on any atom is 0.176 e. The zero-order chi connectivity index (χ0) is 10.9. The van der Waals surface area contributed by atoms with Gasteiger partial charge in [0.25, 0.3) is 0 Å². The van der Waals surface area contributed by atoms with Crippen molar-refractivity contribution in [2.24, 2.45) is 0 Å². The molecule has 76 valence electrons. The van der Waals surface area contributed by atoms with E-state index in [0.717, 1.165) is 6.26 Å². The zero-order valence-corrected chi connectivity index (χ0v) is 8.63. The summed E-state index contributed by atoms with van der Waals surface area (Å²) in [6, 6.07) is 3.97. The van der Waals surface area contributed by atoms with Gasteiger partial charge in [0.1, 0.15) is 5.75 Å². The Morgan fingerprint density at radius 1 is 1.36 bits per heavy atom. The fourth-order valence-corrected chi connectivity index (χ4v) is 2.13. The molecule has 0 saturated carbocycles. The fourth-order valence-electron chi connectivity index (χ4n) is 1.18. The Kier molecular flexibility index (Phi) is 2.62. The second-order valence-electron chi connectivity index (χ2n) is 2.98. The molecule has 4 nitrogen and oxygen atoms in total. The van der Waals surface area contributed by atoms with Crippen LogP contribution in [0.3, 0.4) is 0 Å². The molecule has 0 unspecified atom stereocenters. The van der Waals surface area contributed by atoms with Gasteiger partial charge >= 0.3 is 0 Å². The molecule has 0 aliphatic rings. The summed E-state index contributed by atoms with van der Waals surface area (Å²) >= 11 is 0.